The highest BCUT2D eigenvalue weighted by molar-refractivity contribution is 4.55. The Morgan fingerprint density at radius 3 is 2.23 bits per heavy atom. The van der Waals surface area contributed by atoms with Gasteiger partial charge in [0.15, 0.2) is 0 Å². The van der Waals surface area contributed by atoms with Crippen LogP contribution < -0.4 is 5.32 Å². The van der Waals surface area contributed by atoms with E-state index in [1.165, 1.54) is 19.3 Å². The fraction of sp³-hybridized carbons (Fsp3) is 1.00. The van der Waals surface area contributed by atoms with Gasteiger partial charge in [0.25, 0.3) is 0 Å². The Labute approximate surface area is 83.7 Å². The summed E-state index contributed by atoms with van der Waals surface area (Å²) < 4.78 is 0. The lowest BCUT2D eigenvalue weighted by atomic mass is 10.0. The van der Waals surface area contributed by atoms with E-state index in [0.29, 0.717) is 12.5 Å². The van der Waals surface area contributed by atoms with Crippen LogP contribution >= 0.6 is 0 Å². The quantitative estimate of drug-likeness (QED) is 0.603. The Balaban J connectivity index is 0. The van der Waals surface area contributed by atoms with Crippen molar-refractivity contribution in [1.82, 2.24) is 5.32 Å². The van der Waals surface area contributed by atoms with E-state index in [1.807, 2.05) is 20.9 Å². The molecule has 0 aliphatic carbocycles. The molecule has 2 heteroatoms. The van der Waals surface area contributed by atoms with E-state index in [0.717, 1.165) is 13.0 Å². The molecular weight excluding hydrogens is 162 g/mol. The molecule has 0 aromatic carbocycles. The first-order valence-electron chi connectivity index (χ1n) is 5.60. The zero-order valence-corrected chi connectivity index (χ0v) is 9.77. The van der Waals surface area contributed by atoms with Crippen LogP contribution in [0, 0.1) is 5.92 Å². The Morgan fingerprint density at radius 1 is 1.23 bits per heavy atom. The van der Waals surface area contributed by atoms with Gasteiger partial charge in [-0.3, -0.25) is 0 Å². The van der Waals surface area contributed by atoms with E-state index in [-0.39, 0.29) is 0 Å². The van der Waals surface area contributed by atoms with Crippen LogP contribution in [-0.4, -0.2) is 25.3 Å². The lowest BCUT2D eigenvalue weighted by Gasteiger charge is -2.10. The Bertz CT molecular complexity index is 72.5. The molecule has 0 saturated carbocycles. The van der Waals surface area contributed by atoms with Gasteiger partial charge >= 0.3 is 0 Å². The highest BCUT2D eigenvalue weighted by Gasteiger charge is 2.02. The minimum absolute atomic E-state index is 0.357. The van der Waals surface area contributed by atoms with Crippen LogP contribution in [-0.2, 0) is 0 Å². The molecule has 0 spiro atoms. The molecule has 0 bridgehead atoms. The lowest BCUT2D eigenvalue weighted by Crippen LogP contribution is -2.09. The fourth-order valence-corrected chi connectivity index (χ4v) is 1.16. The maximum atomic E-state index is 8.87. The van der Waals surface area contributed by atoms with Gasteiger partial charge in [0.05, 0.1) is 0 Å². The van der Waals surface area contributed by atoms with E-state index in [1.54, 1.807) is 0 Å². The van der Waals surface area contributed by atoms with Gasteiger partial charge in [0.1, 0.15) is 0 Å². The van der Waals surface area contributed by atoms with Crippen molar-refractivity contribution in [3.63, 3.8) is 0 Å². The third-order valence-electron chi connectivity index (χ3n) is 2.12. The molecule has 0 rings (SSSR count). The molecule has 0 aliphatic heterocycles. The van der Waals surface area contributed by atoms with Crippen LogP contribution in [0.4, 0.5) is 0 Å². The molecule has 0 radical (unpaired) electrons. The minimum Gasteiger partial charge on any atom is -0.396 e. The summed E-state index contributed by atoms with van der Waals surface area (Å²) in [5.41, 5.74) is 0. The number of unbranched alkanes of at least 4 members (excludes halogenated alkanes) is 1. The van der Waals surface area contributed by atoms with E-state index in [4.69, 9.17) is 5.11 Å². The van der Waals surface area contributed by atoms with Gasteiger partial charge in [0.2, 0.25) is 0 Å². The molecule has 0 saturated heterocycles. The van der Waals surface area contributed by atoms with E-state index >= 15 is 0 Å². The molecule has 1 unspecified atom stereocenters. The van der Waals surface area contributed by atoms with Crippen LogP contribution in [0.15, 0.2) is 0 Å². The van der Waals surface area contributed by atoms with Crippen molar-refractivity contribution in [3.8, 4) is 0 Å². The summed E-state index contributed by atoms with van der Waals surface area (Å²) in [5.74, 6) is 0.534. The van der Waals surface area contributed by atoms with Crippen LogP contribution in [0.5, 0.6) is 0 Å². The van der Waals surface area contributed by atoms with Crippen molar-refractivity contribution in [1.29, 1.82) is 0 Å². The van der Waals surface area contributed by atoms with Crippen LogP contribution in [0.3, 0.4) is 0 Å². The first kappa shape index (κ1) is 15.4. The smallest absolute Gasteiger partial charge is 0.0459 e. The first-order valence-corrected chi connectivity index (χ1v) is 5.60. The zero-order valence-electron chi connectivity index (χ0n) is 9.77. The second-order valence-corrected chi connectivity index (χ2v) is 3.06. The van der Waals surface area contributed by atoms with Crippen molar-refractivity contribution < 1.29 is 5.11 Å². The lowest BCUT2D eigenvalue weighted by molar-refractivity contribution is 0.212. The maximum Gasteiger partial charge on any atom is 0.0459 e. The van der Waals surface area contributed by atoms with Crippen molar-refractivity contribution in [2.24, 2.45) is 5.92 Å². The molecule has 0 heterocycles. The topological polar surface area (TPSA) is 32.3 Å². The summed E-state index contributed by atoms with van der Waals surface area (Å²) in [7, 11) is 1.98. The standard InChI is InChI=1S/C9H21NO.C2H6/c1-3-9(8-11)6-4-5-7-10-2;1-2/h9-11H,3-8H2,1-2H3;1-2H3. The van der Waals surface area contributed by atoms with Gasteiger partial charge in [-0.1, -0.05) is 33.6 Å². The summed E-state index contributed by atoms with van der Waals surface area (Å²) in [6.07, 6.45) is 4.75. The Hall–Kier alpha value is -0.0800. The molecule has 0 aromatic heterocycles. The molecule has 0 amide bonds. The van der Waals surface area contributed by atoms with Gasteiger partial charge in [-0.25, -0.2) is 0 Å². The maximum absolute atomic E-state index is 8.87. The number of nitrogens with one attached hydrogen (secondary N) is 1. The van der Waals surface area contributed by atoms with Crippen molar-refractivity contribution in [3.05, 3.63) is 0 Å². The van der Waals surface area contributed by atoms with E-state index in [9.17, 15) is 0 Å². The zero-order chi connectivity index (χ0) is 10.5. The Morgan fingerprint density at radius 2 is 1.85 bits per heavy atom. The summed E-state index contributed by atoms with van der Waals surface area (Å²) >= 11 is 0. The summed E-state index contributed by atoms with van der Waals surface area (Å²) in [4.78, 5) is 0. The predicted octanol–water partition coefficient (Wildman–Crippen LogP) is 2.42. The Kier molecular flexibility index (Phi) is 17.1. The largest absolute Gasteiger partial charge is 0.396 e. The van der Waals surface area contributed by atoms with Crippen LogP contribution in [0.25, 0.3) is 0 Å². The monoisotopic (exact) mass is 189 g/mol. The molecule has 0 aromatic rings. The molecule has 82 valence electrons. The molecular formula is C11H27NO. The molecule has 0 aliphatic rings. The summed E-state index contributed by atoms with van der Waals surface area (Å²) in [6, 6.07) is 0. The van der Waals surface area contributed by atoms with Gasteiger partial charge < -0.3 is 10.4 Å². The fourth-order valence-electron chi connectivity index (χ4n) is 1.16. The number of aliphatic hydroxyl groups excluding tert-OH is 1. The highest BCUT2D eigenvalue weighted by atomic mass is 16.3. The predicted molar refractivity (Wildman–Crippen MR) is 60.0 cm³/mol. The third-order valence-corrected chi connectivity index (χ3v) is 2.12. The SMILES string of the molecule is CC.CCC(CO)CCCCNC. The van der Waals surface area contributed by atoms with Crippen molar-refractivity contribution in [2.75, 3.05) is 20.2 Å². The first-order chi connectivity index (χ1) is 6.35. The van der Waals surface area contributed by atoms with E-state index < -0.39 is 0 Å². The van der Waals surface area contributed by atoms with Gasteiger partial charge in [0, 0.05) is 6.61 Å². The number of hydrogen-bond acceptors (Lipinski definition) is 2. The normalized spacial score (nSPS) is 11.8. The molecule has 1 atom stereocenters. The number of rotatable bonds is 7. The van der Waals surface area contributed by atoms with Crippen molar-refractivity contribution in [2.45, 2.75) is 46.5 Å². The molecule has 13 heavy (non-hydrogen) atoms. The molecule has 0 fully saturated rings. The number of aliphatic hydroxyl groups is 1. The van der Waals surface area contributed by atoms with Crippen molar-refractivity contribution >= 4 is 0 Å². The summed E-state index contributed by atoms with van der Waals surface area (Å²) in [5, 5.41) is 12.0. The minimum atomic E-state index is 0.357. The average molecular weight is 189 g/mol. The second-order valence-electron chi connectivity index (χ2n) is 3.06. The highest BCUT2D eigenvalue weighted by Crippen LogP contribution is 2.10. The van der Waals surface area contributed by atoms with Crippen LogP contribution in [0.1, 0.15) is 46.5 Å². The van der Waals surface area contributed by atoms with E-state index in [2.05, 4.69) is 12.2 Å². The number of hydrogen-bond donors (Lipinski definition) is 2. The van der Waals surface area contributed by atoms with Gasteiger partial charge in [-0.2, -0.15) is 0 Å². The molecule has 2 N–H and O–H groups in total. The third kappa shape index (κ3) is 11.9. The second kappa shape index (κ2) is 14.4. The van der Waals surface area contributed by atoms with Gasteiger partial charge in [-0.15, -0.1) is 0 Å². The van der Waals surface area contributed by atoms with Crippen LogP contribution in [0.2, 0.25) is 0 Å². The average Bonchev–Trinajstić information content (AvgIpc) is 2.21. The summed E-state index contributed by atoms with van der Waals surface area (Å²) in [6.45, 7) is 7.59. The molecule has 2 nitrogen and oxygen atoms in total. The van der Waals surface area contributed by atoms with Gasteiger partial charge in [-0.05, 0) is 32.4 Å².